The molecule has 0 bridgehead atoms. The predicted octanol–water partition coefficient (Wildman–Crippen LogP) is 6.85. The van der Waals surface area contributed by atoms with Crippen molar-refractivity contribution in [2.75, 3.05) is 181 Å². The van der Waals surface area contributed by atoms with E-state index in [0.29, 0.717) is 156 Å². The Morgan fingerprint density at radius 2 is 1.33 bits per heavy atom. The van der Waals surface area contributed by atoms with Gasteiger partial charge < -0.3 is 114 Å². The number of anilines is 5. The quantitative estimate of drug-likeness (QED) is 0.0110. The highest BCUT2D eigenvalue weighted by Crippen LogP contribution is 2.40. The summed E-state index contributed by atoms with van der Waals surface area (Å²) in [6.45, 7) is 12.2. The van der Waals surface area contributed by atoms with Gasteiger partial charge in [0.15, 0.2) is 39.2 Å². The number of rotatable bonds is 59. The number of halogens is 1. The number of imide groups is 1. The van der Waals surface area contributed by atoms with E-state index in [4.69, 9.17) is 67.7 Å². The molecule has 0 radical (unpaired) electrons. The van der Waals surface area contributed by atoms with Crippen molar-refractivity contribution in [1.82, 2.24) is 65.8 Å². The molecular weight excluding hydrogens is 1740 g/mol. The van der Waals surface area contributed by atoms with Crippen molar-refractivity contribution >= 4 is 120 Å². The van der Waals surface area contributed by atoms with Gasteiger partial charge in [-0.2, -0.15) is 0 Å². The van der Waals surface area contributed by atoms with Gasteiger partial charge in [-0.15, -0.1) is 26.6 Å². The molecule has 9 rings (SSSR count). The molecule has 0 fully saturated rings. The Morgan fingerprint density at radius 3 is 1.98 bits per heavy atom. The molecule has 0 unspecified atom stereocenters. The number of fused-ring (bicyclic) bond motifs is 2. The maximum Gasteiger partial charge on any atom is 0.410 e. The molecule has 130 heavy (non-hydrogen) atoms. The lowest BCUT2D eigenvalue weighted by Gasteiger charge is -2.35. The van der Waals surface area contributed by atoms with Crippen LogP contribution in [0.3, 0.4) is 0 Å². The fourth-order valence-corrected chi connectivity index (χ4v) is 14.6. The molecule has 2 atom stereocenters. The number of urea groups is 1. The molecule has 7 aromatic rings. The summed E-state index contributed by atoms with van der Waals surface area (Å²) in [5, 5.41) is 51.5. The third-order valence-corrected chi connectivity index (χ3v) is 22.2. The van der Waals surface area contributed by atoms with E-state index in [0.717, 1.165) is 51.2 Å². The van der Waals surface area contributed by atoms with Gasteiger partial charge in [-0.1, -0.05) is 60.4 Å². The normalized spacial score (nSPS) is 13.0. The number of ether oxygens (including phenoxy) is 12. The van der Waals surface area contributed by atoms with Gasteiger partial charge in [0.05, 0.1) is 168 Å². The van der Waals surface area contributed by atoms with E-state index in [1.165, 1.54) is 82.4 Å². The first kappa shape index (κ1) is 102. The number of benzene rings is 3. The van der Waals surface area contributed by atoms with Crippen molar-refractivity contribution < 1.29 is 119 Å². The Morgan fingerprint density at radius 1 is 0.700 bits per heavy atom. The number of aromatic carboxylic acids is 1. The molecular formula is C86H112FN17O24S2. The lowest BCUT2D eigenvalue weighted by molar-refractivity contribution is -0.139. The number of hydrogen-bond donors (Lipinski definition) is 8. The topological polar surface area (TPSA) is 503 Å². The summed E-state index contributed by atoms with van der Waals surface area (Å²) < 4.78 is 84.8. The number of carbonyl (C=O) groups is 10. The van der Waals surface area contributed by atoms with Crippen LogP contribution in [0, 0.1) is 30.5 Å². The predicted molar refractivity (Wildman–Crippen MR) is 471 cm³/mol. The molecule has 6 heterocycles. The van der Waals surface area contributed by atoms with Gasteiger partial charge in [-0.05, 0) is 112 Å². The number of aromatic nitrogens is 7. The number of aliphatic carboxylic acids is 1. The van der Waals surface area contributed by atoms with Gasteiger partial charge in [-0.25, -0.2) is 38.2 Å². The van der Waals surface area contributed by atoms with Crippen molar-refractivity contribution in [2.45, 2.75) is 117 Å². The van der Waals surface area contributed by atoms with Crippen LogP contribution in [-0.4, -0.2) is 297 Å². The second-order valence-corrected chi connectivity index (χ2v) is 32.1. The van der Waals surface area contributed by atoms with Crippen LogP contribution in [0.25, 0.3) is 10.2 Å². The first-order chi connectivity index (χ1) is 62.7. The zero-order chi connectivity index (χ0) is 93.2. The SMILES string of the molecule is Cc1c(Nc2nc3ccccc3s2)nnc2c1CCCN2c1nc(C(=O)O)c(CCCOc2ccc(C#CCN(C)C(=O)OCc3ccc(NC(=O)[C@H](CCCNC(N)=O)NC(=O)[C@](C)(NC(=O)CCOCCN4C(=O)C=CC4=O)C(C)C)cc3CN(C)C(=O)OCc3cn(CCOCCOCCOCCOCCOCCOCCOCCOCCC(=O)O)nn3)cc2F)s1. The standard InChI is InChI=1S/C86H112FN17O24S2/c1-57(2)86(4,95-71(105)25-33-117-36-31-103-72(106)23-24-73(103)107)80(113)91-67(16-9-27-89-81(88)114)78(110)90-62-21-20-60(61(52-62)53-101(6)85(116)128-56-63-54-102(99-96-63)30-35-119-38-40-121-42-44-123-46-48-125-50-49-124-47-45-122-43-41-120-39-37-118-34-26-74(108)109)55-127-84(115)100(5)28-10-13-59-19-22-68(65(87)51-59)126-32-12-18-70-75(79(111)112)93-83(130-70)104-29-11-14-64-58(3)76(97-98-77(64)104)94-82-92-66-15-7-8-17-69(66)129-82/h7-8,15,17,19-24,51-52,54,57,67H,9,11-12,14,16,18,25-50,53,55-56H2,1-6H3,(H,90,110)(H,91,113)(H,95,105)(H,108,109)(H,111,112)(H3,88,89,114)(H,92,94,97)/t67-,86+/m0/s1. The van der Waals surface area contributed by atoms with Crippen molar-refractivity contribution in [1.29, 1.82) is 0 Å². The Labute approximate surface area is 758 Å². The molecule has 0 aliphatic carbocycles. The monoisotopic (exact) mass is 1850 g/mol. The minimum Gasteiger partial charge on any atom is -0.491 e. The van der Waals surface area contributed by atoms with Crippen LogP contribution in [0.4, 0.5) is 46.4 Å². The Kier molecular flexibility index (Phi) is 42.1. The van der Waals surface area contributed by atoms with Gasteiger partial charge in [0.2, 0.25) is 17.7 Å². The molecule has 2 aliphatic heterocycles. The molecule has 0 spiro atoms. The molecule has 0 saturated carbocycles. The van der Waals surface area contributed by atoms with E-state index in [1.54, 1.807) is 32.2 Å². The van der Waals surface area contributed by atoms with Crippen LogP contribution in [0.2, 0.25) is 0 Å². The van der Waals surface area contributed by atoms with Crippen LogP contribution < -0.4 is 42.0 Å². The summed E-state index contributed by atoms with van der Waals surface area (Å²) in [6.07, 6.45) is 4.24. The first-order valence-corrected chi connectivity index (χ1v) is 43.9. The van der Waals surface area contributed by atoms with Crippen molar-refractivity contribution in [2.24, 2.45) is 11.7 Å². The smallest absolute Gasteiger partial charge is 0.410 e. The van der Waals surface area contributed by atoms with Crippen molar-refractivity contribution in [3.05, 3.63) is 129 Å². The molecule has 3 aromatic carbocycles. The second kappa shape index (κ2) is 53.8. The van der Waals surface area contributed by atoms with Gasteiger partial charge in [0.1, 0.15) is 30.5 Å². The molecule has 4 aromatic heterocycles. The van der Waals surface area contributed by atoms with E-state index >= 15 is 4.39 Å². The van der Waals surface area contributed by atoms with E-state index in [-0.39, 0.29) is 127 Å². The molecule has 0 saturated heterocycles. The van der Waals surface area contributed by atoms with Crippen LogP contribution in [0.5, 0.6) is 5.75 Å². The number of carbonyl (C=O) groups excluding carboxylic acids is 8. The Balaban J connectivity index is 0.743. The average Bonchev–Trinajstić information content (AvgIpc) is 1.47. The fourth-order valence-electron chi connectivity index (χ4n) is 12.6. The van der Waals surface area contributed by atoms with E-state index in [1.807, 2.05) is 36.1 Å². The largest absolute Gasteiger partial charge is 0.491 e. The number of thiazole rings is 2. The van der Waals surface area contributed by atoms with E-state index in [9.17, 15) is 53.1 Å². The molecule has 704 valence electrons. The second-order valence-electron chi connectivity index (χ2n) is 30.0. The number of nitrogens with one attached hydrogen (secondary N) is 5. The Hall–Kier alpha value is -12.0. The molecule has 44 heteroatoms. The van der Waals surface area contributed by atoms with Crippen LogP contribution in [0.15, 0.2) is 79.0 Å². The van der Waals surface area contributed by atoms with E-state index in [2.05, 4.69) is 68.9 Å². The molecule has 9 N–H and O–H groups in total. The number of hydrogen-bond acceptors (Lipinski definition) is 32. The number of aryl methyl sites for hydroxylation is 1. The third kappa shape index (κ3) is 33.5. The first-order valence-electron chi connectivity index (χ1n) is 42.3. The van der Waals surface area contributed by atoms with Gasteiger partial charge >= 0.3 is 30.2 Å². The number of para-hydroxylation sites is 1. The highest BCUT2D eigenvalue weighted by Gasteiger charge is 2.40. The summed E-state index contributed by atoms with van der Waals surface area (Å²) in [5.74, 6) is 0.514. The third-order valence-electron chi connectivity index (χ3n) is 20.1. The number of carboxylic acids is 2. The summed E-state index contributed by atoms with van der Waals surface area (Å²) in [6, 6.07) is 14.5. The number of carboxylic acid groups (broad SMARTS) is 2. The maximum absolute atomic E-state index is 15.6. The van der Waals surface area contributed by atoms with Crippen LogP contribution in [-0.2, 0) is 120 Å². The van der Waals surface area contributed by atoms with E-state index < -0.39 is 83.0 Å². The summed E-state index contributed by atoms with van der Waals surface area (Å²) in [5.41, 5.74) is 7.90. The number of amides is 9. The van der Waals surface area contributed by atoms with Gasteiger partial charge in [0.25, 0.3) is 11.8 Å². The number of primary amides is 1. The zero-order valence-electron chi connectivity index (χ0n) is 73.5. The van der Waals surface area contributed by atoms with Crippen molar-refractivity contribution in [3.8, 4) is 17.6 Å². The maximum atomic E-state index is 15.6. The summed E-state index contributed by atoms with van der Waals surface area (Å²) in [4.78, 5) is 143. The summed E-state index contributed by atoms with van der Waals surface area (Å²) in [7, 11) is 2.89. The highest BCUT2D eigenvalue weighted by atomic mass is 32.1. The molecule has 41 nitrogen and oxygen atoms in total. The van der Waals surface area contributed by atoms with Gasteiger partial charge in [0, 0.05) is 79.6 Å². The minimum atomic E-state index is -1.59. The average molecular weight is 1850 g/mol. The van der Waals surface area contributed by atoms with Gasteiger partial charge in [-0.3, -0.25) is 33.7 Å². The number of nitrogens with two attached hydrogens (primary N) is 1. The fraction of sp³-hybridized carbons (Fsp3) is 0.512. The lowest BCUT2D eigenvalue weighted by Crippen LogP contribution is -2.62. The minimum absolute atomic E-state index is 0.0277. The Bertz CT molecular complexity index is 4980. The molecule has 2 aliphatic rings. The zero-order valence-corrected chi connectivity index (χ0v) is 75.1. The van der Waals surface area contributed by atoms with Crippen molar-refractivity contribution in [3.63, 3.8) is 0 Å². The summed E-state index contributed by atoms with van der Waals surface area (Å²) >= 11 is 2.75. The highest BCUT2D eigenvalue weighted by molar-refractivity contribution is 7.22. The van der Waals surface area contributed by atoms with Crippen LogP contribution >= 0.6 is 22.7 Å². The lowest BCUT2D eigenvalue weighted by atomic mass is 9.86. The van der Waals surface area contributed by atoms with Crippen LogP contribution in [0.1, 0.15) is 108 Å². The molecule has 9 amide bonds. The number of nitrogens with zero attached hydrogens (tertiary/aromatic N) is 11.